The molecule has 0 aliphatic heterocycles. The number of nitro benzene ring substituents is 1. The van der Waals surface area contributed by atoms with E-state index in [4.69, 9.17) is 23.2 Å². The molecule has 0 heterocycles. The Labute approximate surface area is 159 Å². The molecule has 0 saturated heterocycles. The Morgan fingerprint density at radius 1 is 1.12 bits per heavy atom. The first kappa shape index (κ1) is 19.6. The van der Waals surface area contributed by atoms with Crippen molar-refractivity contribution in [2.24, 2.45) is 0 Å². The van der Waals surface area contributed by atoms with Gasteiger partial charge in [-0.1, -0.05) is 47.5 Å². The molecule has 2 aromatic carbocycles. The molecule has 8 heteroatoms. The minimum atomic E-state index is -0.480. The second-order valence-corrected chi connectivity index (χ2v) is 7.08. The predicted octanol–water partition coefficient (Wildman–Crippen LogP) is 4.49. The summed E-state index contributed by atoms with van der Waals surface area (Å²) in [5.74, 6) is 1.09. The van der Waals surface area contributed by atoms with Gasteiger partial charge in [0.1, 0.15) is 0 Å². The molecule has 0 atom stereocenters. The lowest BCUT2D eigenvalue weighted by Gasteiger charge is -2.08. The lowest BCUT2D eigenvalue weighted by atomic mass is 10.1. The van der Waals surface area contributed by atoms with E-state index in [0.717, 1.165) is 5.56 Å². The molecule has 0 radical (unpaired) electrons. The number of hydrogen-bond donors (Lipinski definition) is 1. The van der Waals surface area contributed by atoms with Gasteiger partial charge in [0.05, 0.1) is 11.3 Å². The van der Waals surface area contributed by atoms with E-state index in [1.165, 1.54) is 6.07 Å². The molecule has 0 unspecified atom stereocenters. The monoisotopic (exact) mass is 398 g/mol. The predicted molar refractivity (Wildman–Crippen MR) is 102 cm³/mol. The van der Waals surface area contributed by atoms with Crippen LogP contribution >= 0.6 is 35.0 Å². The van der Waals surface area contributed by atoms with Crippen LogP contribution in [0.3, 0.4) is 0 Å². The van der Waals surface area contributed by atoms with Crippen molar-refractivity contribution in [3.63, 3.8) is 0 Å². The average Bonchev–Trinajstić information content (AvgIpc) is 2.57. The molecular weight excluding hydrogens is 383 g/mol. The number of para-hydroxylation sites is 1. The minimum absolute atomic E-state index is 0.0157. The molecule has 0 aliphatic carbocycles. The van der Waals surface area contributed by atoms with Crippen LogP contribution in [0.2, 0.25) is 10.0 Å². The molecule has 0 spiro atoms. The number of hydrogen-bond acceptors (Lipinski definition) is 4. The summed E-state index contributed by atoms with van der Waals surface area (Å²) < 4.78 is 0. The molecule has 0 bridgehead atoms. The number of thioether (sulfide) groups is 1. The summed E-state index contributed by atoms with van der Waals surface area (Å²) in [7, 11) is 0. The molecule has 2 rings (SSSR count). The standard InChI is InChI=1S/C17H16Cl2N2O3S/c18-14-5-3-6-15(19)13(14)11-25-9-8-20-17(22)10-12-4-1-2-7-16(12)21(23)24/h1-7H,8-11H2,(H,20,22). The third-order valence-electron chi connectivity index (χ3n) is 3.42. The molecular formula is C17H16Cl2N2O3S. The fourth-order valence-corrected chi connectivity index (χ4v) is 3.78. The first-order valence-electron chi connectivity index (χ1n) is 7.48. The highest BCUT2D eigenvalue weighted by Crippen LogP contribution is 2.28. The van der Waals surface area contributed by atoms with Gasteiger partial charge in [0.25, 0.3) is 5.69 Å². The van der Waals surface area contributed by atoms with Crippen LogP contribution in [-0.4, -0.2) is 23.1 Å². The summed E-state index contributed by atoms with van der Waals surface area (Å²) in [5, 5.41) is 15.0. The van der Waals surface area contributed by atoms with Crippen LogP contribution in [0.25, 0.3) is 0 Å². The highest BCUT2D eigenvalue weighted by Gasteiger charge is 2.15. The van der Waals surface area contributed by atoms with Gasteiger partial charge in [0.2, 0.25) is 5.91 Å². The molecule has 1 amide bonds. The number of nitrogens with zero attached hydrogens (tertiary/aromatic N) is 1. The van der Waals surface area contributed by atoms with Crippen LogP contribution < -0.4 is 5.32 Å². The number of benzene rings is 2. The van der Waals surface area contributed by atoms with E-state index in [1.54, 1.807) is 48.2 Å². The van der Waals surface area contributed by atoms with Crippen molar-refractivity contribution in [2.75, 3.05) is 12.3 Å². The van der Waals surface area contributed by atoms with Gasteiger partial charge < -0.3 is 5.32 Å². The van der Waals surface area contributed by atoms with E-state index in [-0.39, 0.29) is 18.0 Å². The lowest BCUT2D eigenvalue weighted by Crippen LogP contribution is -2.27. The smallest absolute Gasteiger partial charge is 0.273 e. The number of nitro groups is 1. The molecule has 0 fully saturated rings. The van der Waals surface area contributed by atoms with E-state index in [9.17, 15) is 14.9 Å². The molecule has 1 N–H and O–H groups in total. The molecule has 132 valence electrons. The first-order chi connectivity index (χ1) is 12.0. The van der Waals surface area contributed by atoms with Crippen LogP contribution in [0.4, 0.5) is 5.69 Å². The van der Waals surface area contributed by atoms with E-state index < -0.39 is 4.92 Å². The van der Waals surface area contributed by atoms with Crippen molar-refractivity contribution in [1.29, 1.82) is 0 Å². The summed E-state index contributed by atoms with van der Waals surface area (Å²) in [6.45, 7) is 0.464. The summed E-state index contributed by atoms with van der Waals surface area (Å²) in [6.07, 6.45) is -0.0157. The topological polar surface area (TPSA) is 72.2 Å². The van der Waals surface area contributed by atoms with Crippen LogP contribution in [0, 0.1) is 10.1 Å². The maximum Gasteiger partial charge on any atom is 0.273 e. The van der Waals surface area contributed by atoms with Crippen molar-refractivity contribution < 1.29 is 9.72 Å². The Bertz CT molecular complexity index is 751. The van der Waals surface area contributed by atoms with E-state index in [0.29, 0.717) is 33.7 Å². The summed E-state index contributed by atoms with van der Waals surface area (Å²) in [5.41, 5.74) is 1.24. The van der Waals surface area contributed by atoms with Gasteiger partial charge in [0.15, 0.2) is 0 Å². The number of carbonyl (C=O) groups is 1. The van der Waals surface area contributed by atoms with Crippen LogP contribution in [0.1, 0.15) is 11.1 Å². The zero-order valence-corrected chi connectivity index (χ0v) is 15.5. The van der Waals surface area contributed by atoms with Crippen molar-refractivity contribution in [3.8, 4) is 0 Å². The van der Waals surface area contributed by atoms with Gasteiger partial charge in [-0.3, -0.25) is 14.9 Å². The largest absolute Gasteiger partial charge is 0.355 e. The van der Waals surface area contributed by atoms with Crippen molar-refractivity contribution >= 4 is 46.6 Å². The summed E-state index contributed by atoms with van der Waals surface area (Å²) in [4.78, 5) is 22.4. The Hall–Kier alpha value is -1.76. The van der Waals surface area contributed by atoms with Gasteiger partial charge >= 0.3 is 0 Å². The van der Waals surface area contributed by atoms with E-state index >= 15 is 0 Å². The molecule has 2 aromatic rings. The molecule has 0 aromatic heterocycles. The number of halogens is 2. The molecule has 0 aliphatic rings. The van der Waals surface area contributed by atoms with Gasteiger partial charge in [-0.05, 0) is 17.7 Å². The Kier molecular flexibility index (Phi) is 7.55. The van der Waals surface area contributed by atoms with Gasteiger partial charge in [0, 0.05) is 39.7 Å². The van der Waals surface area contributed by atoms with Crippen LogP contribution in [-0.2, 0) is 17.0 Å². The maximum absolute atomic E-state index is 11.9. The fourth-order valence-electron chi connectivity index (χ4n) is 2.18. The molecule has 25 heavy (non-hydrogen) atoms. The molecule has 5 nitrogen and oxygen atoms in total. The third-order valence-corrected chi connectivity index (χ3v) is 5.11. The highest BCUT2D eigenvalue weighted by molar-refractivity contribution is 7.98. The number of carbonyl (C=O) groups excluding carboxylic acids is 1. The van der Waals surface area contributed by atoms with Gasteiger partial charge in [-0.15, -0.1) is 0 Å². The normalized spacial score (nSPS) is 10.5. The Morgan fingerprint density at radius 3 is 2.48 bits per heavy atom. The Balaban J connectivity index is 1.75. The number of amides is 1. The number of rotatable bonds is 8. The van der Waals surface area contributed by atoms with Crippen molar-refractivity contribution in [3.05, 3.63) is 73.8 Å². The van der Waals surface area contributed by atoms with Crippen molar-refractivity contribution in [1.82, 2.24) is 5.32 Å². The maximum atomic E-state index is 11.9. The summed E-state index contributed by atoms with van der Waals surface area (Å²) in [6, 6.07) is 11.6. The van der Waals surface area contributed by atoms with E-state index in [1.807, 2.05) is 0 Å². The zero-order valence-electron chi connectivity index (χ0n) is 13.2. The second kappa shape index (κ2) is 9.65. The van der Waals surface area contributed by atoms with Gasteiger partial charge in [-0.2, -0.15) is 11.8 Å². The van der Waals surface area contributed by atoms with Crippen LogP contribution in [0.5, 0.6) is 0 Å². The second-order valence-electron chi connectivity index (χ2n) is 5.17. The third kappa shape index (κ3) is 5.92. The Morgan fingerprint density at radius 2 is 1.80 bits per heavy atom. The SMILES string of the molecule is O=C(Cc1ccccc1[N+](=O)[O-])NCCSCc1c(Cl)cccc1Cl. The molecule has 0 saturated carbocycles. The average molecular weight is 399 g/mol. The minimum Gasteiger partial charge on any atom is -0.355 e. The zero-order chi connectivity index (χ0) is 18.2. The number of nitrogens with one attached hydrogen (secondary N) is 1. The van der Waals surface area contributed by atoms with Crippen LogP contribution in [0.15, 0.2) is 42.5 Å². The lowest BCUT2D eigenvalue weighted by molar-refractivity contribution is -0.385. The first-order valence-corrected chi connectivity index (χ1v) is 9.39. The van der Waals surface area contributed by atoms with E-state index in [2.05, 4.69) is 5.32 Å². The summed E-state index contributed by atoms with van der Waals surface area (Å²) >= 11 is 13.8. The van der Waals surface area contributed by atoms with Crippen molar-refractivity contribution in [2.45, 2.75) is 12.2 Å². The van der Waals surface area contributed by atoms with Gasteiger partial charge in [-0.25, -0.2) is 0 Å². The fraction of sp³-hybridized carbons (Fsp3) is 0.235. The quantitative estimate of drug-likeness (QED) is 0.403. The highest BCUT2D eigenvalue weighted by atomic mass is 35.5.